The fourth-order valence-corrected chi connectivity index (χ4v) is 2.32. The summed E-state index contributed by atoms with van der Waals surface area (Å²) >= 11 is 1.60. The molecule has 0 spiro atoms. The van der Waals surface area contributed by atoms with Crippen molar-refractivity contribution in [2.24, 2.45) is 0 Å². The van der Waals surface area contributed by atoms with E-state index in [4.69, 9.17) is 4.74 Å². The Morgan fingerprint density at radius 2 is 2.43 bits per heavy atom. The molecule has 3 heterocycles. The summed E-state index contributed by atoms with van der Waals surface area (Å²) in [7, 11) is 0. The molecule has 3 nitrogen and oxygen atoms in total. The Morgan fingerprint density at radius 1 is 1.57 bits per heavy atom. The van der Waals surface area contributed by atoms with Crippen LogP contribution in [0, 0.1) is 0 Å². The average molecular weight is 207 g/mol. The zero-order valence-electron chi connectivity index (χ0n) is 7.47. The highest BCUT2D eigenvalue weighted by Crippen LogP contribution is 2.17. The normalized spacial score (nSPS) is 20.1. The van der Waals surface area contributed by atoms with Crippen molar-refractivity contribution in [1.82, 2.24) is 4.57 Å². The molecule has 72 valence electrons. The zero-order chi connectivity index (χ0) is 9.54. The van der Waals surface area contributed by atoms with Crippen LogP contribution in [0.25, 0.3) is 10.1 Å². The molecule has 0 saturated carbocycles. The van der Waals surface area contributed by atoms with Crippen LogP contribution in [0.4, 0.5) is 0 Å². The Kier molecular flexibility index (Phi) is 1.72. The van der Waals surface area contributed by atoms with E-state index in [2.05, 4.69) is 0 Å². The van der Waals surface area contributed by atoms with Gasteiger partial charge < -0.3 is 9.30 Å². The number of rotatable bonds is 2. The second-order valence-corrected chi connectivity index (χ2v) is 4.37. The van der Waals surface area contributed by atoms with Gasteiger partial charge in [0.15, 0.2) is 0 Å². The van der Waals surface area contributed by atoms with Crippen LogP contribution in [-0.4, -0.2) is 17.3 Å². The van der Waals surface area contributed by atoms with Gasteiger partial charge in [-0.25, -0.2) is 0 Å². The van der Waals surface area contributed by atoms with Crippen LogP contribution in [0.15, 0.2) is 28.5 Å². The highest BCUT2D eigenvalue weighted by Gasteiger charge is 2.23. The Balaban J connectivity index is 2.14. The highest BCUT2D eigenvalue weighted by atomic mass is 32.1. The van der Waals surface area contributed by atoms with Crippen LogP contribution in [0.1, 0.15) is 0 Å². The van der Waals surface area contributed by atoms with Crippen molar-refractivity contribution in [3.63, 3.8) is 0 Å². The van der Waals surface area contributed by atoms with Crippen molar-refractivity contribution in [2.45, 2.75) is 12.6 Å². The van der Waals surface area contributed by atoms with Gasteiger partial charge in [-0.05, 0) is 17.5 Å². The van der Waals surface area contributed by atoms with Crippen LogP contribution < -0.4 is 5.56 Å². The zero-order valence-corrected chi connectivity index (χ0v) is 8.29. The van der Waals surface area contributed by atoms with E-state index < -0.39 is 0 Å². The third kappa shape index (κ3) is 1.27. The fraction of sp³-hybridized carbons (Fsp3) is 0.300. The first-order valence-electron chi connectivity index (χ1n) is 4.53. The van der Waals surface area contributed by atoms with Gasteiger partial charge in [-0.1, -0.05) is 0 Å². The maximum Gasteiger partial charge on any atom is 0.259 e. The van der Waals surface area contributed by atoms with E-state index in [0.717, 1.165) is 16.7 Å². The molecule has 0 amide bonds. The number of aromatic nitrogens is 1. The Bertz CT molecular complexity index is 524. The van der Waals surface area contributed by atoms with Crippen molar-refractivity contribution < 1.29 is 4.74 Å². The van der Waals surface area contributed by atoms with E-state index in [0.29, 0.717) is 6.54 Å². The van der Waals surface area contributed by atoms with E-state index in [9.17, 15) is 4.79 Å². The average Bonchev–Trinajstić information content (AvgIpc) is 2.85. The van der Waals surface area contributed by atoms with Crippen LogP contribution in [0.2, 0.25) is 0 Å². The van der Waals surface area contributed by atoms with Crippen molar-refractivity contribution in [3.05, 3.63) is 34.1 Å². The van der Waals surface area contributed by atoms with E-state index in [-0.39, 0.29) is 11.7 Å². The number of hydrogen-bond donors (Lipinski definition) is 0. The van der Waals surface area contributed by atoms with Gasteiger partial charge in [0.05, 0.1) is 24.6 Å². The van der Waals surface area contributed by atoms with Gasteiger partial charge in [-0.15, -0.1) is 11.3 Å². The van der Waals surface area contributed by atoms with Gasteiger partial charge in [0.1, 0.15) is 0 Å². The second-order valence-electron chi connectivity index (χ2n) is 3.43. The molecule has 14 heavy (non-hydrogen) atoms. The van der Waals surface area contributed by atoms with Crippen molar-refractivity contribution in [1.29, 1.82) is 0 Å². The topological polar surface area (TPSA) is 34.5 Å². The van der Waals surface area contributed by atoms with Crippen molar-refractivity contribution >= 4 is 21.4 Å². The SMILES string of the molecule is O=c1c2ccsc2ccn1CC1CO1. The number of nitrogens with zero attached hydrogens (tertiary/aromatic N) is 1. The summed E-state index contributed by atoms with van der Waals surface area (Å²) in [6.45, 7) is 1.47. The third-order valence-corrected chi connectivity index (χ3v) is 3.28. The van der Waals surface area contributed by atoms with Gasteiger partial charge in [0, 0.05) is 10.9 Å². The first kappa shape index (κ1) is 8.20. The molecule has 1 unspecified atom stereocenters. The third-order valence-electron chi connectivity index (χ3n) is 2.39. The smallest absolute Gasteiger partial charge is 0.259 e. The van der Waals surface area contributed by atoms with Gasteiger partial charge in [-0.3, -0.25) is 4.79 Å². The fourth-order valence-electron chi connectivity index (χ4n) is 1.54. The summed E-state index contributed by atoms with van der Waals surface area (Å²) in [5, 5.41) is 2.77. The minimum atomic E-state index is 0.0965. The standard InChI is InChI=1S/C10H9NO2S/c12-10-8-2-4-14-9(8)1-3-11(10)5-7-6-13-7/h1-4,7H,5-6H2. The lowest BCUT2D eigenvalue weighted by Crippen LogP contribution is -2.21. The molecule has 0 bridgehead atoms. The van der Waals surface area contributed by atoms with Gasteiger partial charge in [0.2, 0.25) is 0 Å². The summed E-state index contributed by atoms with van der Waals surface area (Å²) < 4.78 is 7.89. The van der Waals surface area contributed by atoms with Gasteiger partial charge in [-0.2, -0.15) is 0 Å². The molecule has 1 saturated heterocycles. The molecule has 0 N–H and O–H groups in total. The minimum Gasteiger partial charge on any atom is -0.371 e. The van der Waals surface area contributed by atoms with Crippen LogP contribution in [-0.2, 0) is 11.3 Å². The summed E-state index contributed by atoms with van der Waals surface area (Å²) in [6, 6.07) is 3.87. The maximum absolute atomic E-state index is 11.9. The van der Waals surface area contributed by atoms with E-state index in [1.165, 1.54) is 0 Å². The molecule has 3 rings (SSSR count). The number of ether oxygens (including phenoxy) is 1. The Hall–Kier alpha value is -1.13. The number of fused-ring (bicyclic) bond motifs is 1. The Morgan fingerprint density at radius 3 is 3.21 bits per heavy atom. The molecule has 4 heteroatoms. The van der Waals surface area contributed by atoms with E-state index in [1.54, 1.807) is 15.9 Å². The molecule has 1 atom stereocenters. The lowest BCUT2D eigenvalue weighted by molar-refractivity contribution is 0.381. The largest absolute Gasteiger partial charge is 0.371 e. The molecule has 1 aliphatic heterocycles. The molecular formula is C10H9NO2S. The Labute approximate surface area is 84.5 Å². The summed E-state index contributed by atoms with van der Waals surface area (Å²) in [6.07, 6.45) is 2.10. The predicted octanol–water partition coefficient (Wildman–Crippen LogP) is 1.46. The molecule has 2 aromatic rings. The van der Waals surface area contributed by atoms with E-state index >= 15 is 0 Å². The number of epoxide rings is 1. The molecule has 1 aliphatic rings. The predicted molar refractivity (Wildman–Crippen MR) is 55.8 cm³/mol. The van der Waals surface area contributed by atoms with Crippen LogP contribution in [0.3, 0.4) is 0 Å². The van der Waals surface area contributed by atoms with Crippen LogP contribution >= 0.6 is 11.3 Å². The molecule has 0 aromatic carbocycles. The molecular weight excluding hydrogens is 198 g/mol. The minimum absolute atomic E-state index is 0.0965. The summed E-state index contributed by atoms with van der Waals surface area (Å²) in [5.41, 5.74) is 0.0965. The first-order chi connectivity index (χ1) is 6.84. The van der Waals surface area contributed by atoms with Gasteiger partial charge in [0.25, 0.3) is 5.56 Å². The summed E-state index contributed by atoms with van der Waals surface area (Å²) in [5.74, 6) is 0. The number of hydrogen-bond acceptors (Lipinski definition) is 3. The lowest BCUT2D eigenvalue weighted by Gasteiger charge is -2.01. The van der Waals surface area contributed by atoms with Crippen molar-refractivity contribution in [3.8, 4) is 0 Å². The maximum atomic E-state index is 11.9. The van der Waals surface area contributed by atoms with E-state index in [1.807, 2.05) is 23.7 Å². The van der Waals surface area contributed by atoms with Crippen LogP contribution in [0.5, 0.6) is 0 Å². The molecule has 1 fully saturated rings. The molecule has 2 aromatic heterocycles. The van der Waals surface area contributed by atoms with Gasteiger partial charge >= 0.3 is 0 Å². The van der Waals surface area contributed by atoms with Crippen molar-refractivity contribution in [2.75, 3.05) is 6.61 Å². The molecule has 0 radical (unpaired) electrons. The highest BCUT2D eigenvalue weighted by molar-refractivity contribution is 7.17. The quantitative estimate of drug-likeness (QED) is 0.699. The molecule has 0 aliphatic carbocycles. The lowest BCUT2D eigenvalue weighted by atomic mass is 10.3. The monoisotopic (exact) mass is 207 g/mol. The summed E-state index contributed by atoms with van der Waals surface area (Å²) in [4.78, 5) is 11.9. The second kappa shape index (κ2) is 2.93. The number of pyridine rings is 1. The first-order valence-corrected chi connectivity index (χ1v) is 5.41. The number of thiophene rings is 1.